The highest BCUT2D eigenvalue weighted by Crippen LogP contribution is 2.43. The third-order valence-corrected chi connectivity index (χ3v) is 7.81. The maximum Gasteiger partial charge on any atom is 0.147 e. The van der Waals surface area contributed by atoms with Crippen LogP contribution in [0.5, 0.6) is 0 Å². The molecule has 1 saturated heterocycles. The molecule has 2 aliphatic carbocycles. The monoisotopic (exact) mass is 390 g/mol. The fourth-order valence-corrected chi connectivity index (χ4v) is 5.70. The van der Waals surface area contributed by atoms with Crippen LogP contribution in [0, 0.1) is 29.5 Å². The number of ether oxygens (including phenoxy) is 1. The minimum Gasteiger partial charge on any atom is -0.368 e. The first-order valence-electron chi connectivity index (χ1n) is 10.9. The number of aryl methyl sites for hydroxylation is 1. The summed E-state index contributed by atoms with van der Waals surface area (Å²) >= 11 is 6.30. The number of halogens is 2. The summed E-state index contributed by atoms with van der Waals surface area (Å²) < 4.78 is 19.6. The number of rotatable bonds is 6. The maximum absolute atomic E-state index is 14.4. The van der Waals surface area contributed by atoms with E-state index in [1.54, 1.807) is 0 Å². The molecule has 1 aliphatic heterocycles. The Kier molecular flexibility index (Phi) is 6.24. The first kappa shape index (κ1) is 19.5. The van der Waals surface area contributed by atoms with E-state index in [-0.39, 0.29) is 11.9 Å². The summed E-state index contributed by atoms with van der Waals surface area (Å²) in [6, 6.07) is 3.87. The highest BCUT2D eigenvalue weighted by atomic mass is 35.5. The van der Waals surface area contributed by atoms with Crippen LogP contribution in [0.1, 0.15) is 75.0 Å². The first-order chi connectivity index (χ1) is 13.2. The van der Waals surface area contributed by atoms with Gasteiger partial charge in [-0.1, -0.05) is 42.7 Å². The van der Waals surface area contributed by atoms with Gasteiger partial charge in [0.1, 0.15) is 11.9 Å². The second-order valence-electron chi connectivity index (χ2n) is 8.99. The molecule has 1 nitrogen and oxygen atoms in total. The Labute approximate surface area is 168 Å². The minimum absolute atomic E-state index is 0.0756. The van der Waals surface area contributed by atoms with Crippen molar-refractivity contribution in [1.29, 1.82) is 0 Å². The highest BCUT2D eigenvalue weighted by Gasteiger charge is 2.31. The molecule has 2 saturated carbocycles. The Morgan fingerprint density at radius 3 is 2.26 bits per heavy atom. The van der Waals surface area contributed by atoms with Crippen LogP contribution in [0.2, 0.25) is 5.02 Å². The molecule has 0 radical (unpaired) electrons. The van der Waals surface area contributed by atoms with Crippen molar-refractivity contribution < 1.29 is 9.13 Å². The van der Waals surface area contributed by atoms with E-state index in [4.69, 9.17) is 16.3 Å². The largest absolute Gasteiger partial charge is 0.368 e. The summed E-state index contributed by atoms with van der Waals surface area (Å²) in [7, 11) is 0. The Morgan fingerprint density at radius 2 is 1.67 bits per heavy atom. The molecule has 148 valence electrons. The zero-order valence-corrected chi connectivity index (χ0v) is 17.0. The van der Waals surface area contributed by atoms with Crippen molar-refractivity contribution in [2.24, 2.45) is 23.7 Å². The van der Waals surface area contributed by atoms with Crippen LogP contribution in [0.15, 0.2) is 24.8 Å². The predicted molar refractivity (Wildman–Crippen MR) is 110 cm³/mol. The van der Waals surface area contributed by atoms with Crippen LogP contribution in [0.25, 0.3) is 0 Å². The van der Waals surface area contributed by atoms with Crippen LogP contribution < -0.4 is 0 Å². The zero-order chi connectivity index (χ0) is 18.8. The first-order valence-corrected chi connectivity index (χ1v) is 11.2. The van der Waals surface area contributed by atoms with Crippen LogP contribution >= 0.6 is 11.6 Å². The molecule has 1 aromatic carbocycles. The molecule has 3 aliphatic rings. The Balaban J connectivity index is 1.24. The van der Waals surface area contributed by atoms with Gasteiger partial charge in [-0.25, -0.2) is 4.39 Å². The van der Waals surface area contributed by atoms with Gasteiger partial charge in [-0.15, -0.1) is 6.58 Å². The summed E-state index contributed by atoms with van der Waals surface area (Å²) in [4.78, 5) is 0. The molecule has 4 rings (SSSR count). The lowest BCUT2D eigenvalue weighted by molar-refractivity contribution is 0.153. The summed E-state index contributed by atoms with van der Waals surface area (Å²) in [5.74, 6) is 3.15. The standard InChI is InChI=1S/C24H32ClFO/c1-2-16-3-8-18(9-4-16)19-10-5-17(6-11-19)7-12-20-13-14-21(22-15-27-22)24(26)23(20)25/h2,13-14,16-19,22H,1,3-12,15H2. The van der Waals surface area contributed by atoms with Gasteiger partial charge in [-0.05, 0) is 80.6 Å². The van der Waals surface area contributed by atoms with Crippen molar-refractivity contribution in [3.8, 4) is 0 Å². The van der Waals surface area contributed by atoms with E-state index in [2.05, 4.69) is 12.7 Å². The summed E-state index contributed by atoms with van der Waals surface area (Å²) in [5.41, 5.74) is 1.58. The van der Waals surface area contributed by atoms with Crippen LogP contribution in [0.4, 0.5) is 4.39 Å². The highest BCUT2D eigenvalue weighted by molar-refractivity contribution is 6.31. The average molecular weight is 391 g/mol. The van der Waals surface area contributed by atoms with Crippen molar-refractivity contribution >= 4 is 11.6 Å². The third-order valence-electron chi connectivity index (χ3n) is 7.40. The van der Waals surface area contributed by atoms with Gasteiger partial charge in [0.05, 0.1) is 11.6 Å². The van der Waals surface area contributed by atoms with Gasteiger partial charge in [0.2, 0.25) is 0 Å². The maximum atomic E-state index is 14.4. The summed E-state index contributed by atoms with van der Waals surface area (Å²) in [5, 5.41) is 0.315. The molecule has 1 heterocycles. The Bertz CT molecular complexity index is 653. The quantitative estimate of drug-likeness (QED) is 0.367. The molecule has 1 unspecified atom stereocenters. The fourth-order valence-electron chi connectivity index (χ4n) is 5.43. The van der Waals surface area contributed by atoms with E-state index >= 15 is 0 Å². The molecule has 3 fully saturated rings. The van der Waals surface area contributed by atoms with E-state index < -0.39 is 0 Å². The van der Waals surface area contributed by atoms with Gasteiger partial charge in [0, 0.05) is 5.56 Å². The molecular formula is C24H32ClFO. The summed E-state index contributed by atoms with van der Waals surface area (Å²) in [6.07, 6.45) is 15.0. The second kappa shape index (κ2) is 8.66. The fraction of sp³-hybridized carbons (Fsp3) is 0.667. The van der Waals surface area contributed by atoms with E-state index in [1.165, 1.54) is 51.4 Å². The molecule has 0 amide bonds. The van der Waals surface area contributed by atoms with E-state index in [0.717, 1.165) is 42.1 Å². The molecule has 3 heteroatoms. The van der Waals surface area contributed by atoms with E-state index in [1.807, 2.05) is 12.1 Å². The van der Waals surface area contributed by atoms with Crippen molar-refractivity contribution in [3.05, 3.63) is 46.8 Å². The van der Waals surface area contributed by atoms with Crippen molar-refractivity contribution in [2.45, 2.75) is 70.3 Å². The predicted octanol–water partition coefficient (Wildman–Crippen LogP) is 7.28. The van der Waals surface area contributed by atoms with Gasteiger partial charge >= 0.3 is 0 Å². The number of epoxide rings is 1. The lowest BCUT2D eigenvalue weighted by Gasteiger charge is -2.37. The Morgan fingerprint density at radius 1 is 1.04 bits per heavy atom. The normalized spacial score (nSPS) is 33.6. The molecule has 0 N–H and O–H groups in total. The second-order valence-corrected chi connectivity index (χ2v) is 9.37. The minimum atomic E-state index is -0.268. The van der Waals surface area contributed by atoms with Crippen molar-refractivity contribution in [2.75, 3.05) is 6.61 Å². The van der Waals surface area contributed by atoms with Crippen LogP contribution in [-0.4, -0.2) is 6.61 Å². The van der Waals surface area contributed by atoms with Gasteiger partial charge in [0.25, 0.3) is 0 Å². The van der Waals surface area contributed by atoms with Crippen molar-refractivity contribution in [1.82, 2.24) is 0 Å². The van der Waals surface area contributed by atoms with Gasteiger partial charge < -0.3 is 4.74 Å². The lowest BCUT2D eigenvalue weighted by atomic mass is 9.68. The van der Waals surface area contributed by atoms with E-state index in [0.29, 0.717) is 17.2 Å². The van der Waals surface area contributed by atoms with E-state index in [9.17, 15) is 4.39 Å². The lowest BCUT2D eigenvalue weighted by Crippen LogP contribution is -2.25. The third kappa shape index (κ3) is 4.59. The summed E-state index contributed by atoms with van der Waals surface area (Å²) in [6.45, 7) is 4.58. The molecular weight excluding hydrogens is 359 g/mol. The van der Waals surface area contributed by atoms with Crippen LogP contribution in [-0.2, 0) is 11.2 Å². The van der Waals surface area contributed by atoms with Gasteiger partial charge in [-0.2, -0.15) is 0 Å². The smallest absolute Gasteiger partial charge is 0.147 e. The number of hydrogen-bond acceptors (Lipinski definition) is 1. The molecule has 1 aromatic rings. The molecule has 0 bridgehead atoms. The number of allylic oxidation sites excluding steroid dienone is 1. The van der Waals surface area contributed by atoms with Gasteiger partial charge in [-0.3, -0.25) is 0 Å². The molecule has 0 aromatic heterocycles. The average Bonchev–Trinajstić information content (AvgIpc) is 3.55. The number of benzene rings is 1. The SMILES string of the molecule is C=CC1CCC(C2CCC(CCc3ccc(C4CO4)c(F)c3Cl)CC2)CC1. The van der Waals surface area contributed by atoms with Crippen molar-refractivity contribution in [3.63, 3.8) is 0 Å². The number of hydrogen-bond donors (Lipinski definition) is 0. The Hall–Kier alpha value is -0.860. The van der Waals surface area contributed by atoms with Crippen LogP contribution in [0.3, 0.4) is 0 Å². The molecule has 0 spiro atoms. The molecule has 1 atom stereocenters. The topological polar surface area (TPSA) is 12.5 Å². The zero-order valence-electron chi connectivity index (χ0n) is 16.3. The van der Waals surface area contributed by atoms with Gasteiger partial charge in [0.15, 0.2) is 0 Å². The molecule has 27 heavy (non-hydrogen) atoms.